The predicted octanol–water partition coefficient (Wildman–Crippen LogP) is -0.995. The third kappa shape index (κ3) is 9.53. The molecule has 0 aliphatic heterocycles. The smallest absolute Gasteiger partial charge is 0.319 e. The van der Waals surface area contributed by atoms with E-state index in [1.807, 2.05) is 0 Å². The van der Waals surface area contributed by atoms with Crippen LogP contribution < -0.4 is 11.1 Å². The van der Waals surface area contributed by atoms with Crippen LogP contribution in [0.3, 0.4) is 0 Å². The highest BCUT2D eigenvalue weighted by Crippen LogP contribution is 2.06. The molecule has 0 fully saturated rings. The fourth-order valence-electron chi connectivity index (χ4n) is 0.333. The van der Waals surface area contributed by atoms with Gasteiger partial charge in [-0.1, -0.05) is 0 Å². The molecule has 0 spiro atoms. The minimum absolute atomic E-state index is 0.151. The van der Waals surface area contributed by atoms with E-state index < -0.39 is 9.15 Å². The Labute approximate surface area is 68.2 Å². The van der Waals surface area contributed by atoms with Gasteiger partial charge in [0, 0.05) is 12.3 Å². The van der Waals surface area contributed by atoms with Crippen LogP contribution >= 0.6 is 10.8 Å². The number of hydrogen-bond acceptors (Lipinski definition) is 4. The zero-order chi connectivity index (χ0) is 8.91. The van der Waals surface area contributed by atoms with Gasteiger partial charge in [0.25, 0.3) is 0 Å². The van der Waals surface area contributed by atoms with E-state index in [0.29, 0.717) is 10.8 Å². The van der Waals surface area contributed by atoms with E-state index in [9.17, 15) is 8.42 Å². The van der Waals surface area contributed by atoms with Gasteiger partial charge in [0.1, 0.15) is 0 Å². The van der Waals surface area contributed by atoms with Gasteiger partial charge in [-0.15, -0.1) is 0 Å². The van der Waals surface area contributed by atoms with Gasteiger partial charge >= 0.3 is 9.15 Å². The third-order valence-electron chi connectivity index (χ3n) is 0.650. The number of hydrogen-bond donors (Lipinski definition) is 4. The lowest BCUT2D eigenvalue weighted by Gasteiger charge is -2.00. The number of guanidine groups is 1. The molecule has 0 aromatic heterocycles. The molecule has 0 radical (unpaired) electrons. The SMILES string of the molecule is N=C(N)NCCSS(=O)(=O)O. The zero-order valence-electron chi connectivity index (χ0n) is 5.57. The largest absolute Gasteiger partial charge is 0.370 e. The maximum Gasteiger partial charge on any atom is 0.319 e. The quantitative estimate of drug-likeness (QED) is 0.152. The summed E-state index contributed by atoms with van der Waals surface area (Å²) in [6, 6.07) is 0. The van der Waals surface area contributed by atoms with Crippen LogP contribution in [0.1, 0.15) is 0 Å². The minimum atomic E-state index is -3.96. The monoisotopic (exact) mass is 199 g/mol. The molecular weight excluding hydrogens is 190 g/mol. The molecule has 66 valence electrons. The molecule has 6 nitrogen and oxygen atoms in total. The summed E-state index contributed by atoms with van der Waals surface area (Å²) in [4.78, 5) is 0. The van der Waals surface area contributed by atoms with Gasteiger partial charge in [0.2, 0.25) is 0 Å². The van der Waals surface area contributed by atoms with Gasteiger partial charge in [-0.05, 0) is 10.8 Å². The van der Waals surface area contributed by atoms with E-state index in [2.05, 4.69) is 5.32 Å². The second-order valence-corrected chi connectivity index (χ2v) is 5.06. The average Bonchev–Trinajstić information content (AvgIpc) is 1.78. The topological polar surface area (TPSA) is 116 Å². The number of nitrogens with one attached hydrogen (secondary N) is 2. The summed E-state index contributed by atoms with van der Waals surface area (Å²) in [5, 5.41) is 9.06. The molecule has 11 heavy (non-hydrogen) atoms. The second kappa shape index (κ2) is 4.42. The summed E-state index contributed by atoms with van der Waals surface area (Å²) in [5.41, 5.74) is 4.89. The van der Waals surface area contributed by atoms with Crippen LogP contribution in [0.5, 0.6) is 0 Å². The molecule has 0 aromatic rings. The molecule has 0 rings (SSSR count). The van der Waals surface area contributed by atoms with Gasteiger partial charge in [0.05, 0.1) is 0 Å². The molecular formula is C3H9N3O3S2. The molecule has 0 unspecified atom stereocenters. The van der Waals surface area contributed by atoms with E-state index in [4.69, 9.17) is 15.7 Å². The molecule has 0 bridgehead atoms. The third-order valence-corrected chi connectivity index (χ3v) is 2.71. The second-order valence-electron chi connectivity index (χ2n) is 1.59. The Kier molecular flexibility index (Phi) is 4.23. The Hall–Kier alpha value is -0.470. The molecule has 0 heterocycles. The van der Waals surface area contributed by atoms with Crippen molar-refractivity contribution in [2.24, 2.45) is 5.73 Å². The summed E-state index contributed by atoms with van der Waals surface area (Å²) < 4.78 is 28.4. The van der Waals surface area contributed by atoms with Crippen molar-refractivity contribution < 1.29 is 13.0 Å². The van der Waals surface area contributed by atoms with Crippen molar-refractivity contribution >= 4 is 25.9 Å². The summed E-state index contributed by atoms with van der Waals surface area (Å²) in [5.74, 6) is -0.0702. The highest BCUT2D eigenvalue weighted by atomic mass is 33.1. The highest BCUT2D eigenvalue weighted by molar-refractivity contribution is 8.69. The normalized spacial score (nSPS) is 11.0. The lowest BCUT2D eigenvalue weighted by molar-refractivity contribution is 0.503. The van der Waals surface area contributed by atoms with Gasteiger partial charge in [-0.3, -0.25) is 9.96 Å². The maximum atomic E-state index is 10.1. The van der Waals surface area contributed by atoms with Crippen molar-refractivity contribution in [1.82, 2.24) is 5.32 Å². The van der Waals surface area contributed by atoms with E-state index >= 15 is 0 Å². The molecule has 0 aliphatic carbocycles. The summed E-state index contributed by atoms with van der Waals surface area (Å²) in [6.07, 6.45) is 0. The first-order valence-electron chi connectivity index (χ1n) is 2.61. The van der Waals surface area contributed by atoms with E-state index in [1.54, 1.807) is 0 Å². The van der Waals surface area contributed by atoms with E-state index in [1.165, 1.54) is 0 Å². The Bertz CT molecular complexity index is 224. The van der Waals surface area contributed by atoms with E-state index in [0.717, 1.165) is 0 Å². The van der Waals surface area contributed by atoms with Crippen LogP contribution in [0.2, 0.25) is 0 Å². The first-order valence-corrected chi connectivity index (χ1v) is 5.56. The van der Waals surface area contributed by atoms with Crippen molar-refractivity contribution in [1.29, 1.82) is 5.41 Å². The molecule has 0 aliphatic rings. The molecule has 0 aromatic carbocycles. The Morgan fingerprint density at radius 1 is 1.73 bits per heavy atom. The first-order chi connectivity index (χ1) is 4.92. The fraction of sp³-hybridized carbons (Fsp3) is 0.667. The van der Waals surface area contributed by atoms with Gasteiger partial charge in [0.15, 0.2) is 5.96 Å². The van der Waals surface area contributed by atoms with Crippen LogP contribution in [0.15, 0.2) is 0 Å². The van der Waals surface area contributed by atoms with Gasteiger partial charge < -0.3 is 11.1 Å². The number of nitrogens with two attached hydrogens (primary N) is 1. The average molecular weight is 199 g/mol. The molecule has 0 saturated heterocycles. The standard InChI is InChI=1S/C3H9N3O3S2/c4-3(5)6-1-2-10-11(7,8)9/h1-2H2,(H4,4,5,6)(H,7,8,9). The highest BCUT2D eigenvalue weighted by Gasteiger charge is 2.03. The van der Waals surface area contributed by atoms with Crippen LogP contribution in [0.25, 0.3) is 0 Å². The van der Waals surface area contributed by atoms with Crippen molar-refractivity contribution in [3.05, 3.63) is 0 Å². The molecule has 0 atom stereocenters. The maximum absolute atomic E-state index is 10.1. The number of rotatable bonds is 4. The van der Waals surface area contributed by atoms with E-state index in [-0.39, 0.29) is 18.3 Å². The predicted molar refractivity (Wildman–Crippen MR) is 43.9 cm³/mol. The van der Waals surface area contributed by atoms with Crippen LogP contribution in [-0.4, -0.2) is 31.2 Å². The molecule has 0 amide bonds. The Balaban J connectivity index is 3.37. The summed E-state index contributed by atoms with van der Waals surface area (Å²) in [6.45, 7) is 0.236. The van der Waals surface area contributed by atoms with Crippen molar-refractivity contribution in [3.8, 4) is 0 Å². The van der Waals surface area contributed by atoms with Crippen LogP contribution in [0.4, 0.5) is 0 Å². The first kappa shape index (κ1) is 10.5. The van der Waals surface area contributed by atoms with Crippen molar-refractivity contribution in [3.63, 3.8) is 0 Å². The van der Waals surface area contributed by atoms with Gasteiger partial charge in [-0.25, -0.2) is 0 Å². The lowest BCUT2D eigenvalue weighted by Crippen LogP contribution is -2.32. The fourth-order valence-corrected chi connectivity index (χ4v) is 1.61. The lowest BCUT2D eigenvalue weighted by atomic mass is 10.7. The molecule has 8 heteroatoms. The van der Waals surface area contributed by atoms with Crippen molar-refractivity contribution in [2.45, 2.75) is 0 Å². The Morgan fingerprint density at radius 2 is 2.27 bits per heavy atom. The minimum Gasteiger partial charge on any atom is -0.370 e. The van der Waals surface area contributed by atoms with Crippen molar-refractivity contribution in [2.75, 3.05) is 12.3 Å². The van der Waals surface area contributed by atoms with Crippen LogP contribution in [0, 0.1) is 5.41 Å². The zero-order valence-corrected chi connectivity index (χ0v) is 7.20. The summed E-state index contributed by atoms with van der Waals surface area (Å²) >= 11 is 0. The Morgan fingerprint density at radius 3 is 2.64 bits per heavy atom. The summed E-state index contributed by atoms with van der Waals surface area (Å²) in [7, 11) is -3.57. The van der Waals surface area contributed by atoms with Gasteiger partial charge in [-0.2, -0.15) is 8.42 Å². The molecule has 5 N–H and O–H groups in total. The molecule has 0 saturated carbocycles. The van der Waals surface area contributed by atoms with Crippen LogP contribution in [-0.2, 0) is 9.15 Å².